The van der Waals surface area contributed by atoms with Gasteiger partial charge in [-0.2, -0.15) is 0 Å². The van der Waals surface area contributed by atoms with Crippen LogP contribution in [-0.2, 0) is 9.59 Å². The second-order valence-corrected chi connectivity index (χ2v) is 10.0. The lowest BCUT2D eigenvalue weighted by molar-refractivity contribution is -0.114. The Bertz CT molecular complexity index is 1550. The zero-order valence-corrected chi connectivity index (χ0v) is 22.8. The average Bonchev–Trinajstić information content (AvgIpc) is 2.96. The fraction of sp³-hybridized carbons (Fsp3) is 0.0938. The molecule has 3 amide bonds. The van der Waals surface area contributed by atoms with Crippen molar-refractivity contribution in [1.29, 1.82) is 0 Å². The number of thioether (sulfide) groups is 1. The molecule has 0 radical (unpaired) electrons. The zero-order valence-electron chi connectivity index (χ0n) is 22.0. The Morgan fingerprint density at radius 2 is 1.55 bits per heavy atom. The molecule has 0 atom stereocenters. The van der Waals surface area contributed by atoms with E-state index in [4.69, 9.17) is 0 Å². The largest absolute Gasteiger partial charge is 0.325 e. The predicted molar refractivity (Wildman–Crippen MR) is 159 cm³/mol. The van der Waals surface area contributed by atoms with Crippen molar-refractivity contribution >= 4 is 46.9 Å². The number of carbonyl (C=O) groups excluding carboxylic acids is 3. The summed E-state index contributed by atoms with van der Waals surface area (Å²) in [6, 6.07) is 26.9. The third-order valence-electron chi connectivity index (χ3n) is 6.05. The van der Waals surface area contributed by atoms with E-state index in [0.29, 0.717) is 16.8 Å². The monoisotopic (exact) mass is 553 g/mol. The zero-order chi connectivity index (χ0) is 28.5. The number of nitrogens with one attached hydrogen (secondary N) is 3. The van der Waals surface area contributed by atoms with Crippen molar-refractivity contribution in [2.75, 3.05) is 16.4 Å². The van der Waals surface area contributed by atoms with Gasteiger partial charge in [0.1, 0.15) is 11.5 Å². The molecule has 202 valence electrons. The van der Waals surface area contributed by atoms with Crippen LogP contribution in [0.5, 0.6) is 0 Å². The van der Waals surface area contributed by atoms with Gasteiger partial charge in [-0.05, 0) is 85.1 Å². The molecule has 0 aromatic heterocycles. The van der Waals surface area contributed by atoms with Crippen molar-refractivity contribution in [2.24, 2.45) is 0 Å². The number of carbonyl (C=O) groups is 3. The fourth-order valence-electron chi connectivity index (χ4n) is 3.75. The number of benzene rings is 4. The topological polar surface area (TPSA) is 87.3 Å². The van der Waals surface area contributed by atoms with Gasteiger partial charge in [-0.15, -0.1) is 11.8 Å². The Morgan fingerprint density at radius 1 is 0.825 bits per heavy atom. The Kier molecular flexibility index (Phi) is 9.48. The van der Waals surface area contributed by atoms with Crippen LogP contribution in [0.15, 0.2) is 108 Å². The molecule has 4 aromatic rings. The molecule has 0 aliphatic carbocycles. The van der Waals surface area contributed by atoms with E-state index >= 15 is 0 Å². The molecule has 3 N–H and O–H groups in total. The van der Waals surface area contributed by atoms with Crippen LogP contribution < -0.4 is 16.0 Å². The van der Waals surface area contributed by atoms with Crippen molar-refractivity contribution in [3.05, 3.63) is 131 Å². The fourth-order valence-corrected chi connectivity index (χ4v) is 4.51. The first-order chi connectivity index (χ1) is 19.3. The summed E-state index contributed by atoms with van der Waals surface area (Å²) in [6.07, 6.45) is 1.48. The van der Waals surface area contributed by atoms with Crippen LogP contribution >= 0.6 is 11.8 Å². The second kappa shape index (κ2) is 13.4. The first-order valence-electron chi connectivity index (χ1n) is 12.5. The molecule has 0 unspecified atom stereocenters. The molecule has 4 aromatic carbocycles. The molecule has 0 fully saturated rings. The van der Waals surface area contributed by atoms with Gasteiger partial charge in [0, 0.05) is 21.8 Å². The number of hydrogen-bond acceptors (Lipinski definition) is 4. The van der Waals surface area contributed by atoms with Crippen molar-refractivity contribution in [3.8, 4) is 0 Å². The highest BCUT2D eigenvalue weighted by molar-refractivity contribution is 8.00. The maximum atomic E-state index is 13.4. The van der Waals surface area contributed by atoms with Crippen molar-refractivity contribution in [2.45, 2.75) is 18.7 Å². The molecule has 40 heavy (non-hydrogen) atoms. The second-order valence-electron chi connectivity index (χ2n) is 9.00. The third-order valence-corrected chi connectivity index (χ3v) is 7.04. The minimum Gasteiger partial charge on any atom is -0.325 e. The van der Waals surface area contributed by atoms with Crippen LogP contribution in [0.3, 0.4) is 0 Å². The molecule has 0 spiro atoms. The Hall–Kier alpha value is -4.69. The average molecular weight is 554 g/mol. The van der Waals surface area contributed by atoms with Gasteiger partial charge in [0.25, 0.3) is 11.8 Å². The predicted octanol–water partition coefficient (Wildman–Crippen LogP) is 6.58. The number of anilines is 2. The van der Waals surface area contributed by atoms with E-state index in [2.05, 4.69) is 16.0 Å². The van der Waals surface area contributed by atoms with E-state index in [-0.39, 0.29) is 17.4 Å². The maximum Gasteiger partial charge on any atom is 0.272 e. The molecule has 0 heterocycles. The van der Waals surface area contributed by atoms with Crippen LogP contribution in [0.4, 0.5) is 15.8 Å². The highest BCUT2D eigenvalue weighted by atomic mass is 32.2. The van der Waals surface area contributed by atoms with E-state index in [1.54, 1.807) is 48.5 Å². The van der Waals surface area contributed by atoms with Crippen molar-refractivity contribution in [1.82, 2.24) is 5.32 Å². The highest BCUT2D eigenvalue weighted by Crippen LogP contribution is 2.23. The van der Waals surface area contributed by atoms with Crippen LogP contribution in [-0.4, -0.2) is 23.5 Å². The van der Waals surface area contributed by atoms with Crippen LogP contribution in [0.25, 0.3) is 6.08 Å². The van der Waals surface area contributed by atoms with Gasteiger partial charge in [0.05, 0.1) is 5.75 Å². The minimum atomic E-state index is -0.552. The summed E-state index contributed by atoms with van der Waals surface area (Å²) in [4.78, 5) is 39.4. The molecular formula is C32H28FN3O3S. The summed E-state index contributed by atoms with van der Waals surface area (Å²) in [5.74, 6) is -1.37. The van der Waals surface area contributed by atoms with Crippen LogP contribution in [0.1, 0.15) is 27.0 Å². The van der Waals surface area contributed by atoms with E-state index < -0.39 is 17.6 Å². The van der Waals surface area contributed by atoms with Gasteiger partial charge in [-0.1, -0.05) is 48.5 Å². The van der Waals surface area contributed by atoms with Crippen molar-refractivity contribution < 1.29 is 18.8 Å². The first-order valence-corrected chi connectivity index (χ1v) is 13.5. The lowest BCUT2D eigenvalue weighted by Gasteiger charge is -2.12. The highest BCUT2D eigenvalue weighted by Gasteiger charge is 2.16. The smallest absolute Gasteiger partial charge is 0.272 e. The minimum absolute atomic E-state index is 0.00794. The molecule has 4 rings (SSSR count). The molecule has 0 aliphatic heterocycles. The molecule has 0 bridgehead atoms. The summed E-state index contributed by atoms with van der Waals surface area (Å²) in [5, 5.41) is 8.40. The van der Waals surface area contributed by atoms with Gasteiger partial charge in [-0.3, -0.25) is 14.4 Å². The quantitative estimate of drug-likeness (QED) is 0.161. The molecular weight excluding hydrogens is 525 g/mol. The SMILES string of the molecule is Cc1cccc(NC(=O)CSc2cccc(NC(=O)/C(=C\c3ccc(F)cc3)NC(=O)c3ccccc3)c2)c1C. The Balaban J connectivity index is 1.45. The Morgan fingerprint density at radius 3 is 2.30 bits per heavy atom. The number of halogens is 1. The number of amides is 3. The van der Waals surface area contributed by atoms with E-state index in [1.165, 1.54) is 42.1 Å². The van der Waals surface area contributed by atoms with E-state index in [1.807, 2.05) is 38.1 Å². The Labute approximate surface area is 236 Å². The number of aryl methyl sites for hydroxylation is 1. The van der Waals surface area contributed by atoms with E-state index in [9.17, 15) is 18.8 Å². The summed E-state index contributed by atoms with van der Waals surface area (Å²) in [6.45, 7) is 3.96. The molecule has 0 saturated heterocycles. The summed E-state index contributed by atoms with van der Waals surface area (Å²) < 4.78 is 13.4. The van der Waals surface area contributed by atoms with E-state index in [0.717, 1.165) is 21.7 Å². The standard InChI is InChI=1S/C32H28FN3O3S/c1-21-8-6-13-28(22(21)2)35-30(37)20-40-27-12-7-11-26(19-27)34-32(39)29(18-23-14-16-25(33)17-15-23)36-31(38)24-9-4-3-5-10-24/h3-19H,20H2,1-2H3,(H,34,39)(H,35,37)(H,36,38)/b29-18+. The summed E-state index contributed by atoms with van der Waals surface area (Å²) in [5.41, 5.74) is 4.31. The maximum absolute atomic E-state index is 13.4. The molecule has 6 nitrogen and oxygen atoms in total. The molecule has 0 aliphatic rings. The van der Waals surface area contributed by atoms with Gasteiger partial charge in [-0.25, -0.2) is 4.39 Å². The third kappa shape index (κ3) is 7.91. The van der Waals surface area contributed by atoms with Crippen molar-refractivity contribution in [3.63, 3.8) is 0 Å². The number of rotatable bonds is 9. The first kappa shape index (κ1) is 28.3. The van der Waals surface area contributed by atoms with Gasteiger partial charge < -0.3 is 16.0 Å². The summed E-state index contributed by atoms with van der Waals surface area (Å²) >= 11 is 1.34. The lowest BCUT2D eigenvalue weighted by Crippen LogP contribution is -2.30. The van der Waals surface area contributed by atoms with Crippen LogP contribution in [0, 0.1) is 19.7 Å². The summed E-state index contributed by atoms with van der Waals surface area (Å²) in [7, 11) is 0. The normalized spacial score (nSPS) is 11.0. The van der Waals surface area contributed by atoms with Gasteiger partial charge >= 0.3 is 0 Å². The number of hydrogen-bond donors (Lipinski definition) is 3. The van der Waals surface area contributed by atoms with Gasteiger partial charge in [0.15, 0.2) is 0 Å². The lowest BCUT2D eigenvalue weighted by atomic mass is 10.1. The van der Waals surface area contributed by atoms with Crippen LogP contribution in [0.2, 0.25) is 0 Å². The molecule has 0 saturated carbocycles. The molecule has 8 heteroatoms. The van der Waals surface area contributed by atoms with Gasteiger partial charge in [0.2, 0.25) is 5.91 Å².